The summed E-state index contributed by atoms with van der Waals surface area (Å²) in [6.07, 6.45) is 2.09. The first kappa shape index (κ1) is 15.9. The number of hydrogen-bond acceptors (Lipinski definition) is 5. The van der Waals surface area contributed by atoms with Gasteiger partial charge >= 0.3 is 5.97 Å². The van der Waals surface area contributed by atoms with Crippen molar-refractivity contribution in [1.29, 1.82) is 0 Å². The van der Waals surface area contributed by atoms with Crippen LogP contribution in [-0.4, -0.2) is 58.8 Å². The maximum Gasteiger partial charge on any atom is 0.340 e. The van der Waals surface area contributed by atoms with E-state index in [1.807, 2.05) is 0 Å². The van der Waals surface area contributed by atoms with Gasteiger partial charge in [-0.05, 0) is 32.1 Å². The van der Waals surface area contributed by atoms with Crippen LogP contribution in [0.15, 0.2) is 5.03 Å². The highest BCUT2D eigenvalue weighted by molar-refractivity contribution is 7.89. The van der Waals surface area contributed by atoms with Gasteiger partial charge in [0.1, 0.15) is 5.56 Å². The molecule has 0 spiro atoms. The maximum atomic E-state index is 12.6. The summed E-state index contributed by atoms with van der Waals surface area (Å²) in [5.74, 6) is -1.23. The number of aromatic carboxylic acids is 1. The molecule has 0 saturated carbocycles. The third-order valence-corrected chi connectivity index (χ3v) is 5.53. The first-order chi connectivity index (χ1) is 9.87. The number of aryl methyl sites for hydroxylation is 1. The number of nitrogens with one attached hydrogen (secondary N) is 1. The predicted molar refractivity (Wildman–Crippen MR) is 73.5 cm³/mol. The Kier molecular flexibility index (Phi) is 4.64. The SMILES string of the molecule is Cc1[nH]nc(S(=O)(=O)N2CCCC(CCO)C2)c1C(=O)O. The highest BCUT2D eigenvalue weighted by atomic mass is 32.2. The lowest BCUT2D eigenvalue weighted by Gasteiger charge is -2.31. The third-order valence-electron chi connectivity index (χ3n) is 3.73. The standard InChI is InChI=1S/C12H19N3O5S/c1-8-10(12(17)18)11(14-13-8)21(19,20)15-5-2-3-9(7-15)4-6-16/h9,16H,2-7H2,1H3,(H,13,14)(H,17,18). The minimum absolute atomic E-state index is 0.0143. The van der Waals surface area contributed by atoms with Crippen LogP contribution in [-0.2, 0) is 10.0 Å². The number of hydrogen-bond donors (Lipinski definition) is 3. The van der Waals surface area contributed by atoms with E-state index in [9.17, 15) is 13.2 Å². The molecule has 8 nitrogen and oxygen atoms in total. The molecule has 0 aromatic carbocycles. The van der Waals surface area contributed by atoms with Gasteiger partial charge in [0.25, 0.3) is 10.0 Å². The number of carboxylic acids is 1. The third kappa shape index (κ3) is 3.09. The van der Waals surface area contributed by atoms with Gasteiger partial charge in [-0.15, -0.1) is 0 Å². The van der Waals surface area contributed by atoms with Crippen molar-refractivity contribution in [1.82, 2.24) is 14.5 Å². The second-order valence-corrected chi connectivity index (χ2v) is 7.07. The van der Waals surface area contributed by atoms with Crippen LogP contribution in [0.3, 0.4) is 0 Å². The Balaban J connectivity index is 2.32. The van der Waals surface area contributed by atoms with E-state index in [4.69, 9.17) is 10.2 Å². The van der Waals surface area contributed by atoms with Crippen molar-refractivity contribution in [2.45, 2.75) is 31.2 Å². The van der Waals surface area contributed by atoms with E-state index in [1.54, 1.807) is 0 Å². The Bertz CT molecular complexity index is 623. The summed E-state index contributed by atoms with van der Waals surface area (Å²) < 4.78 is 26.4. The molecule has 1 atom stereocenters. The van der Waals surface area contributed by atoms with Gasteiger partial charge in [0.05, 0.1) is 0 Å². The van der Waals surface area contributed by atoms with Crippen molar-refractivity contribution in [3.63, 3.8) is 0 Å². The summed E-state index contributed by atoms with van der Waals surface area (Å²) in [5.41, 5.74) is -0.0933. The molecule has 118 valence electrons. The summed E-state index contributed by atoms with van der Waals surface area (Å²) in [7, 11) is -3.94. The Hall–Kier alpha value is -1.45. The molecule has 1 aromatic rings. The van der Waals surface area contributed by atoms with Crippen LogP contribution in [0.5, 0.6) is 0 Å². The highest BCUT2D eigenvalue weighted by Gasteiger charge is 2.35. The number of carboxylic acid groups (broad SMARTS) is 1. The van der Waals surface area contributed by atoms with Crippen LogP contribution in [0, 0.1) is 12.8 Å². The van der Waals surface area contributed by atoms with Gasteiger partial charge in [-0.2, -0.15) is 9.40 Å². The quantitative estimate of drug-likeness (QED) is 0.712. The summed E-state index contributed by atoms with van der Waals surface area (Å²) in [4.78, 5) is 11.2. The van der Waals surface area contributed by atoms with Crippen molar-refractivity contribution >= 4 is 16.0 Å². The van der Waals surface area contributed by atoms with E-state index >= 15 is 0 Å². The number of rotatable bonds is 5. The van der Waals surface area contributed by atoms with E-state index in [0.717, 1.165) is 6.42 Å². The van der Waals surface area contributed by atoms with Crippen LogP contribution in [0.2, 0.25) is 0 Å². The molecule has 0 aliphatic carbocycles. The number of aromatic nitrogens is 2. The lowest BCUT2D eigenvalue weighted by molar-refractivity contribution is 0.0691. The molecule has 1 unspecified atom stereocenters. The van der Waals surface area contributed by atoms with E-state index < -0.39 is 21.0 Å². The largest absolute Gasteiger partial charge is 0.478 e. The molecule has 0 radical (unpaired) electrons. The molecule has 1 aliphatic heterocycles. The number of piperidine rings is 1. The Morgan fingerprint density at radius 3 is 2.86 bits per heavy atom. The number of aliphatic hydroxyl groups excluding tert-OH is 1. The molecular weight excluding hydrogens is 298 g/mol. The Morgan fingerprint density at radius 2 is 2.24 bits per heavy atom. The van der Waals surface area contributed by atoms with Crippen LogP contribution >= 0.6 is 0 Å². The van der Waals surface area contributed by atoms with Crippen molar-refractivity contribution in [2.75, 3.05) is 19.7 Å². The van der Waals surface area contributed by atoms with E-state index in [0.29, 0.717) is 19.4 Å². The van der Waals surface area contributed by atoms with Gasteiger partial charge < -0.3 is 10.2 Å². The highest BCUT2D eigenvalue weighted by Crippen LogP contribution is 2.26. The molecule has 0 amide bonds. The maximum absolute atomic E-state index is 12.6. The predicted octanol–water partition coefficient (Wildman–Crippen LogP) is 0.199. The summed E-state index contributed by atoms with van der Waals surface area (Å²) in [6, 6.07) is 0. The van der Waals surface area contributed by atoms with Crippen LogP contribution in [0.25, 0.3) is 0 Å². The number of carbonyl (C=O) groups is 1. The molecule has 9 heteroatoms. The fourth-order valence-corrected chi connectivity index (χ4v) is 4.31. The minimum atomic E-state index is -3.94. The fourth-order valence-electron chi connectivity index (χ4n) is 2.63. The van der Waals surface area contributed by atoms with Crippen molar-refractivity contribution < 1.29 is 23.4 Å². The van der Waals surface area contributed by atoms with Crippen LogP contribution < -0.4 is 0 Å². The molecule has 1 saturated heterocycles. The second kappa shape index (κ2) is 6.12. The fraction of sp³-hybridized carbons (Fsp3) is 0.667. The van der Waals surface area contributed by atoms with Crippen molar-refractivity contribution in [3.05, 3.63) is 11.3 Å². The molecule has 2 heterocycles. The molecule has 1 fully saturated rings. The van der Waals surface area contributed by atoms with Crippen molar-refractivity contribution in [3.8, 4) is 0 Å². The summed E-state index contributed by atoms with van der Waals surface area (Å²) >= 11 is 0. The second-order valence-electron chi connectivity index (χ2n) is 5.22. The van der Waals surface area contributed by atoms with E-state index in [1.165, 1.54) is 11.2 Å². The Labute approximate surface area is 122 Å². The lowest BCUT2D eigenvalue weighted by Crippen LogP contribution is -2.40. The topological polar surface area (TPSA) is 124 Å². The van der Waals surface area contributed by atoms with Gasteiger partial charge in [0.2, 0.25) is 5.03 Å². The molecule has 3 N–H and O–H groups in total. The zero-order valence-electron chi connectivity index (χ0n) is 11.7. The zero-order chi connectivity index (χ0) is 15.6. The first-order valence-corrected chi connectivity index (χ1v) is 8.21. The smallest absolute Gasteiger partial charge is 0.340 e. The van der Waals surface area contributed by atoms with Crippen LogP contribution in [0.1, 0.15) is 35.3 Å². The van der Waals surface area contributed by atoms with Gasteiger partial charge in [-0.1, -0.05) is 0 Å². The van der Waals surface area contributed by atoms with Crippen molar-refractivity contribution in [2.24, 2.45) is 5.92 Å². The number of aromatic amines is 1. The molecule has 1 aromatic heterocycles. The van der Waals surface area contributed by atoms with Gasteiger partial charge in [0, 0.05) is 25.4 Å². The normalized spacial score (nSPS) is 20.6. The van der Waals surface area contributed by atoms with E-state index in [2.05, 4.69) is 10.2 Å². The molecular formula is C12H19N3O5S. The summed E-state index contributed by atoms with van der Waals surface area (Å²) in [6.45, 7) is 2.11. The monoisotopic (exact) mass is 317 g/mol. The number of H-pyrrole nitrogens is 1. The minimum Gasteiger partial charge on any atom is -0.478 e. The number of aliphatic hydroxyl groups is 1. The molecule has 1 aliphatic rings. The van der Waals surface area contributed by atoms with Gasteiger partial charge in [-0.3, -0.25) is 5.10 Å². The molecule has 2 rings (SSSR count). The number of nitrogens with zero attached hydrogens (tertiary/aromatic N) is 2. The zero-order valence-corrected chi connectivity index (χ0v) is 12.6. The lowest BCUT2D eigenvalue weighted by atomic mass is 9.97. The van der Waals surface area contributed by atoms with E-state index in [-0.39, 0.29) is 30.3 Å². The number of sulfonamides is 1. The Morgan fingerprint density at radius 1 is 1.52 bits per heavy atom. The molecule has 21 heavy (non-hydrogen) atoms. The van der Waals surface area contributed by atoms with Crippen LogP contribution in [0.4, 0.5) is 0 Å². The van der Waals surface area contributed by atoms with Gasteiger partial charge in [0.15, 0.2) is 0 Å². The average molecular weight is 317 g/mol. The average Bonchev–Trinajstić information content (AvgIpc) is 2.82. The van der Waals surface area contributed by atoms with Gasteiger partial charge in [-0.25, -0.2) is 13.2 Å². The first-order valence-electron chi connectivity index (χ1n) is 6.77. The molecule has 0 bridgehead atoms. The summed E-state index contributed by atoms with van der Waals surface area (Å²) in [5, 5.41) is 23.8.